The van der Waals surface area contributed by atoms with Crippen molar-refractivity contribution in [2.75, 3.05) is 7.11 Å². The lowest BCUT2D eigenvalue weighted by Gasteiger charge is -2.13. The maximum absolute atomic E-state index is 13.7. The molecule has 3 heterocycles. The normalized spacial score (nSPS) is 11.9. The fraction of sp³-hybridized carbons (Fsp3) is 0.250. The molecule has 22 heavy (non-hydrogen) atoms. The number of halogens is 2. The molecule has 0 atom stereocenters. The van der Waals surface area contributed by atoms with E-state index in [0.29, 0.717) is 5.56 Å². The summed E-state index contributed by atoms with van der Waals surface area (Å²) in [6.45, 7) is 0.825. The molecular weight excluding hydrogens is 288 g/mol. The monoisotopic (exact) mass is 303 g/mol. The van der Waals surface area contributed by atoms with Gasteiger partial charge in [0.2, 0.25) is 5.88 Å². The highest BCUT2D eigenvalue weighted by Crippen LogP contribution is 2.35. The summed E-state index contributed by atoms with van der Waals surface area (Å²) in [6, 6.07) is 4.92. The van der Waals surface area contributed by atoms with Crippen LogP contribution in [0.2, 0.25) is 0 Å². The van der Waals surface area contributed by atoms with Gasteiger partial charge in [-0.2, -0.15) is 8.78 Å². The van der Waals surface area contributed by atoms with E-state index in [0.717, 1.165) is 23.4 Å². The van der Waals surface area contributed by atoms with Crippen molar-refractivity contribution in [3.8, 4) is 17.0 Å². The topological polar surface area (TPSA) is 39.9 Å². The molecule has 114 valence electrons. The van der Waals surface area contributed by atoms with E-state index in [9.17, 15) is 8.78 Å². The van der Waals surface area contributed by atoms with Crippen LogP contribution in [0.5, 0.6) is 5.88 Å². The van der Waals surface area contributed by atoms with E-state index in [2.05, 4.69) is 9.97 Å². The van der Waals surface area contributed by atoms with Crippen LogP contribution in [0.3, 0.4) is 0 Å². The first kappa shape index (κ1) is 14.4. The van der Waals surface area contributed by atoms with Crippen LogP contribution in [0.25, 0.3) is 22.0 Å². The number of hydrogen-bond donors (Lipinski definition) is 0. The van der Waals surface area contributed by atoms with Gasteiger partial charge in [-0.15, -0.1) is 0 Å². The van der Waals surface area contributed by atoms with Crippen molar-refractivity contribution < 1.29 is 13.5 Å². The van der Waals surface area contributed by atoms with Crippen LogP contribution in [0.15, 0.2) is 36.8 Å². The van der Waals surface area contributed by atoms with Gasteiger partial charge in [-0.05, 0) is 17.7 Å². The van der Waals surface area contributed by atoms with Crippen LogP contribution in [0.4, 0.5) is 8.78 Å². The van der Waals surface area contributed by atoms with E-state index in [1.54, 1.807) is 18.5 Å². The molecule has 0 bridgehead atoms. The fourth-order valence-corrected chi connectivity index (χ4v) is 2.45. The Morgan fingerprint density at radius 3 is 2.73 bits per heavy atom. The predicted molar refractivity (Wildman–Crippen MR) is 80.1 cm³/mol. The average Bonchev–Trinajstić information content (AvgIpc) is 2.83. The highest BCUT2D eigenvalue weighted by Gasteiger charge is 2.28. The van der Waals surface area contributed by atoms with Crippen molar-refractivity contribution in [3.63, 3.8) is 0 Å². The first-order chi connectivity index (χ1) is 10.4. The molecule has 4 nitrogen and oxygen atoms in total. The summed E-state index contributed by atoms with van der Waals surface area (Å²) in [5.41, 5.74) is 2.09. The number of hydrogen-bond acceptors (Lipinski definition) is 3. The van der Waals surface area contributed by atoms with Crippen LogP contribution in [-0.2, 0) is 13.0 Å². The first-order valence-corrected chi connectivity index (χ1v) is 6.74. The minimum Gasteiger partial charge on any atom is -0.481 e. The van der Waals surface area contributed by atoms with Crippen LogP contribution in [0, 0.1) is 0 Å². The number of aromatic nitrogens is 3. The lowest BCUT2D eigenvalue weighted by Crippen LogP contribution is -2.10. The second kappa shape index (κ2) is 5.05. The van der Waals surface area contributed by atoms with E-state index in [-0.39, 0.29) is 11.6 Å². The van der Waals surface area contributed by atoms with Gasteiger partial charge < -0.3 is 9.30 Å². The Morgan fingerprint density at radius 2 is 2.05 bits per heavy atom. The Morgan fingerprint density at radius 1 is 1.27 bits per heavy atom. The van der Waals surface area contributed by atoms with Crippen LogP contribution in [0.1, 0.15) is 12.6 Å². The van der Waals surface area contributed by atoms with Gasteiger partial charge in [-0.1, -0.05) is 0 Å². The molecule has 3 aromatic heterocycles. The smallest absolute Gasteiger partial charge is 0.287 e. The summed E-state index contributed by atoms with van der Waals surface area (Å²) in [5.74, 6) is -2.87. The minimum absolute atomic E-state index is 0.167. The molecule has 0 radical (unpaired) electrons. The maximum Gasteiger partial charge on any atom is 0.287 e. The molecule has 0 aromatic carbocycles. The average molecular weight is 303 g/mol. The molecule has 0 saturated carbocycles. The highest BCUT2D eigenvalue weighted by atomic mass is 19.3. The van der Waals surface area contributed by atoms with Crippen molar-refractivity contribution in [3.05, 3.63) is 42.5 Å². The third-order valence-electron chi connectivity index (χ3n) is 3.56. The van der Waals surface area contributed by atoms with Gasteiger partial charge >= 0.3 is 0 Å². The van der Waals surface area contributed by atoms with E-state index in [1.165, 1.54) is 13.2 Å². The summed E-state index contributed by atoms with van der Waals surface area (Å²) in [6.07, 6.45) is 5.31. The zero-order valence-corrected chi connectivity index (χ0v) is 12.5. The molecule has 0 saturated heterocycles. The molecule has 0 aliphatic heterocycles. The second-order valence-corrected chi connectivity index (χ2v) is 5.22. The Kier molecular flexibility index (Phi) is 3.31. The fourth-order valence-electron chi connectivity index (χ4n) is 2.45. The van der Waals surface area contributed by atoms with Gasteiger partial charge in [0.15, 0.2) is 0 Å². The van der Waals surface area contributed by atoms with Crippen molar-refractivity contribution in [2.24, 2.45) is 7.05 Å². The molecule has 0 unspecified atom stereocenters. The Labute approximate surface area is 126 Å². The van der Waals surface area contributed by atoms with Gasteiger partial charge in [-0.3, -0.25) is 4.98 Å². The number of nitrogens with zero attached hydrogens (tertiary/aromatic N) is 3. The second-order valence-electron chi connectivity index (χ2n) is 5.22. The molecule has 0 aliphatic carbocycles. The highest BCUT2D eigenvalue weighted by molar-refractivity contribution is 5.95. The molecule has 3 rings (SSSR count). The molecule has 3 aromatic rings. The van der Waals surface area contributed by atoms with E-state index >= 15 is 0 Å². The van der Waals surface area contributed by atoms with E-state index < -0.39 is 5.92 Å². The standard InChI is InChI=1S/C16H15F2N3O/c1-16(17,18)14-6-10(7-15(20-14)22-3)12-9-21(2)13-8-19-5-4-11(12)13/h4-9H,1-3H3. The summed E-state index contributed by atoms with van der Waals surface area (Å²) < 4.78 is 34.3. The number of rotatable bonds is 3. The zero-order chi connectivity index (χ0) is 15.9. The first-order valence-electron chi connectivity index (χ1n) is 6.74. The Hall–Kier alpha value is -2.50. The van der Waals surface area contributed by atoms with Gasteiger partial charge in [0.25, 0.3) is 5.92 Å². The zero-order valence-electron chi connectivity index (χ0n) is 12.5. The molecule has 0 amide bonds. The molecule has 0 N–H and O–H groups in total. The summed E-state index contributed by atoms with van der Waals surface area (Å²) in [4.78, 5) is 7.94. The molecular formula is C16H15F2N3O. The summed E-state index contributed by atoms with van der Waals surface area (Å²) >= 11 is 0. The Balaban J connectivity index is 2.26. The molecule has 0 aliphatic rings. The third-order valence-corrected chi connectivity index (χ3v) is 3.56. The van der Waals surface area contributed by atoms with Gasteiger partial charge in [0, 0.05) is 43.4 Å². The van der Waals surface area contributed by atoms with E-state index in [1.807, 2.05) is 23.9 Å². The number of methoxy groups -OCH3 is 1. The molecule has 0 spiro atoms. The largest absolute Gasteiger partial charge is 0.481 e. The van der Waals surface area contributed by atoms with E-state index in [4.69, 9.17) is 4.74 Å². The summed E-state index contributed by atoms with van der Waals surface area (Å²) in [7, 11) is 3.30. The SMILES string of the molecule is COc1cc(-c2cn(C)c3cnccc23)cc(C(C)(F)F)n1. The van der Waals surface area contributed by atoms with Crippen molar-refractivity contribution in [1.82, 2.24) is 14.5 Å². The van der Waals surface area contributed by atoms with Crippen molar-refractivity contribution >= 4 is 10.9 Å². The van der Waals surface area contributed by atoms with Crippen molar-refractivity contribution in [2.45, 2.75) is 12.8 Å². The molecule has 0 fully saturated rings. The Bertz CT molecular complexity index is 837. The van der Waals surface area contributed by atoms with Gasteiger partial charge in [0.05, 0.1) is 18.8 Å². The van der Waals surface area contributed by atoms with Crippen molar-refractivity contribution in [1.29, 1.82) is 0 Å². The van der Waals surface area contributed by atoms with Crippen LogP contribution >= 0.6 is 0 Å². The quantitative estimate of drug-likeness (QED) is 0.739. The number of ether oxygens (including phenoxy) is 1. The number of aryl methyl sites for hydroxylation is 1. The summed E-state index contributed by atoms with van der Waals surface area (Å²) in [5, 5.41) is 0.941. The third kappa shape index (κ3) is 2.41. The van der Waals surface area contributed by atoms with Crippen LogP contribution in [-0.4, -0.2) is 21.6 Å². The lowest BCUT2D eigenvalue weighted by atomic mass is 10.0. The maximum atomic E-state index is 13.7. The lowest BCUT2D eigenvalue weighted by molar-refractivity contribution is 0.0123. The van der Waals surface area contributed by atoms with Gasteiger partial charge in [-0.25, -0.2) is 4.98 Å². The van der Waals surface area contributed by atoms with Crippen LogP contribution < -0.4 is 4.74 Å². The number of pyridine rings is 2. The number of fused-ring (bicyclic) bond motifs is 1. The predicted octanol–water partition coefficient (Wildman–Crippen LogP) is 3.76. The number of alkyl halides is 2. The molecule has 6 heteroatoms. The minimum atomic E-state index is -3.03. The van der Waals surface area contributed by atoms with Gasteiger partial charge in [0.1, 0.15) is 5.69 Å².